The summed E-state index contributed by atoms with van der Waals surface area (Å²) in [5.41, 5.74) is -0.481. The van der Waals surface area contributed by atoms with Crippen LogP contribution in [-0.2, 0) is 11.3 Å². The van der Waals surface area contributed by atoms with E-state index in [1.807, 2.05) is 0 Å². The van der Waals surface area contributed by atoms with Gasteiger partial charge in [0.05, 0.1) is 6.54 Å². The van der Waals surface area contributed by atoms with Gasteiger partial charge in [-0.15, -0.1) is 0 Å². The third-order valence-corrected chi connectivity index (χ3v) is 1.87. The van der Waals surface area contributed by atoms with Crippen molar-refractivity contribution < 1.29 is 9.53 Å². The maximum absolute atomic E-state index is 11.5. The second kappa shape index (κ2) is 5.01. The van der Waals surface area contributed by atoms with Crippen LogP contribution in [0.15, 0.2) is 23.1 Å². The van der Waals surface area contributed by atoms with Crippen molar-refractivity contribution in [2.24, 2.45) is 5.84 Å². The summed E-state index contributed by atoms with van der Waals surface area (Å²) in [6.07, 6.45) is 0.848. The molecule has 0 unspecified atom stereocenters. The molecule has 0 radical (unpaired) electrons. The van der Waals surface area contributed by atoms with Crippen molar-refractivity contribution in [3.63, 3.8) is 0 Å². The van der Waals surface area contributed by atoms with Gasteiger partial charge in [-0.2, -0.15) is 0 Å². The Hall–Kier alpha value is -1.82. The van der Waals surface area contributed by atoms with Crippen LogP contribution in [0, 0.1) is 0 Å². The van der Waals surface area contributed by atoms with Crippen LogP contribution in [0.4, 0.5) is 4.79 Å². The van der Waals surface area contributed by atoms with Crippen LogP contribution in [0.3, 0.4) is 0 Å². The van der Waals surface area contributed by atoms with Gasteiger partial charge >= 0.3 is 6.09 Å². The Morgan fingerprint density at radius 1 is 1.53 bits per heavy atom. The van der Waals surface area contributed by atoms with Crippen LogP contribution in [0.1, 0.15) is 26.3 Å². The van der Waals surface area contributed by atoms with Crippen molar-refractivity contribution in [3.8, 4) is 0 Å². The van der Waals surface area contributed by atoms with Crippen LogP contribution in [0.2, 0.25) is 0 Å². The van der Waals surface area contributed by atoms with Crippen LogP contribution < -0.4 is 11.4 Å². The number of aromatic nitrogens is 1. The van der Waals surface area contributed by atoms with E-state index >= 15 is 0 Å². The number of nitrogens with zero attached hydrogens (tertiary/aromatic N) is 1. The molecule has 1 rings (SSSR count). The van der Waals surface area contributed by atoms with E-state index in [-0.39, 0.29) is 12.1 Å². The third-order valence-electron chi connectivity index (χ3n) is 1.87. The molecular formula is C11H17N3O3. The number of carbonyl (C=O) groups excluding carboxylic acids is 1. The van der Waals surface area contributed by atoms with Crippen LogP contribution in [-0.4, -0.2) is 21.7 Å². The molecule has 0 atom stereocenters. The van der Waals surface area contributed by atoms with Gasteiger partial charge in [-0.25, -0.2) is 15.6 Å². The number of rotatable bonds is 2. The average molecular weight is 239 g/mol. The first-order valence-corrected chi connectivity index (χ1v) is 5.21. The van der Waals surface area contributed by atoms with Crippen molar-refractivity contribution in [3.05, 3.63) is 34.2 Å². The quantitative estimate of drug-likeness (QED) is 0.457. The zero-order valence-electron chi connectivity index (χ0n) is 10.2. The average Bonchev–Trinajstić information content (AvgIpc) is 2.18. The summed E-state index contributed by atoms with van der Waals surface area (Å²) in [4.78, 5) is 25.4. The summed E-state index contributed by atoms with van der Waals surface area (Å²) in [5, 5.41) is 0.871. The van der Waals surface area contributed by atoms with Crippen molar-refractivity contribution in [1.29, 1.82) is 0 Å². The smallest absolute Gasteiger partial charge is 0.424 e. The fourth-order valence-corrected chi connectivity index (χ4v) is 1.15. The fourth-order valence-electron chi connectivity index (χ4n) is 1.15. The van der Waals surface area contributed by atoms with Crippen molar-refractivity contribution in [2.75, 3.05) is 0 Å². The molecule has 0 fully saturated rings. The summed E-state index contributed by atoms with van der Waals surface area (Å²) in [5.74, 6) is 5.53. The molecule has 0 saturated heterocycles. The Kier molecular flexibility index (Phi) is 3.90. The van der Waals surface area contributed by atoms with E-state index in [4.69, 9.17) is 10.6 Å². The zero-order valence-corrected chi connectivity index (χ0v) is 10.2. The lowest BCUT2D eigenvalue weighted by atomic mass is 10.2. The molecule has 94 valence electrons. The Morgan fingerprint density at radius 2 is 2.18 bits per heavy atom. The Labute approximate surface area is 99.3 Å². The number of nitrogens with two attached hydrogens (primary N) is 1. The highest BCUT2D eigenvalue weighted by atomic mass is 16.6. The maximum Gasteiger partial charge on any atom is 0.424 e. The van der Waals surface area contributed by atoms with Gasteiger partial charge in [-0.1, -0.05) is 6.07 Å². The molecule has 0 aromatic carbocycles. The number of hydrogen-bond donors (Lipinski definition) is 2. The molecule has 0 aliphatic carbocycles. The van der Waals surface area contributed by atoms with Gasteiger partial charge in [-0.05, 0) is 26.8 Å². The molecule has 6 nitrogen and oxygen atoms in total. The minimum Gasteiger partial charge on any atom is -0.443 e. The topological polar surface area (TPSA) is 88.4 Å². The standard InChI is InChI=1S/C11H17N3O3/c1-11(2,3)17-10(16)14(12)7-8-5-4-6-13-9(8)15/h4-6H,7,12H2,1-3H3,(H,13,15). The van der Waals surface area contributed by atoms with E-state index in [0.29, 0.717) is 5.56 Å². The van der Waals surface area contributed by atoms with Crippen LogP contribution >= 0.6 is 0 Å². The molecule has 1 aromatic rings. The Morgan fingerprint density at radius 3 is 2.71 bits per heavy atom. The number of pyridine rings is 1. The minimum atomic E-state index is -0.666. The lowest BCUT2D eigenvalue weighted by molar-refractivity contribution is 0.0231. The Balaban J connectivity index is 2.67. The fraction of sp³-hybridized carbons (Fsp3) is 0.455. The zero-order chi connectivity index (χ0) is 13.1. The van der Waals surface area contributed by atoms with Gasteiger partial charge in [0.15, 0.2) is 0 Å². The van der Waals surface area contributed by atoms with Crippen molar-refractivity contribution in [2.45, 2.75) is 32.9 Å². The first-order valence-electron chi connectivity index (χ1n) is 5.21. The molecule has 17 heavy (non-hydrogen) atoms. The normalized spacial score (nSPS) is 11.1. The molecule has 1 heterocycles. The second-order valence-corrected chi connectivity index (χ2v) is 4.63. The lowest BCUT2D eigenvalue weighted by Crippen LogP contribution is -2.41. The molecule has 0 saturated carbocycles. The largest absolute Gasteiger partial charge is 0.443 e. The summed E-state index contributed by atoms with van der Waals surface area (Å²) in [6.45, 7) is 5.24. The number of hydrogen-bond acceptors (Lipinski definition) is 4. The molecule has 1 aromatic heterocycles. The number of ether oxygens (including phenoxy) is 1. The van der Waals surface area contributed by atoms with E-state index in [2.05, 4.69) is 4.98 Å². The minimum absolute atomic E-state index is 0.00505. The van der Waals surface area contributed by atoms with Gasteiger partial charge in [0.1, 0.15) is 5.60 Å². The van der Waals surface area contributed by atoms with Gasteiger partial charge < -0.3 is 9.72 Å². The first kappa shape index (κ1) is 13.2. The number of nitrogens with one attached hydrogen (secondary N) is 1. The van der Waals surface area contributed by atoms with Gasteiger partial charge in [-0.3, -0.25) is 4.79 Å². The molecule has 0 spiro atoms. The molecule has 0 aliphatic rings. The molecule has 1 amide bonds. The van der Waals surface area contributed by atoms with E-state index < -0.39 is 11.7 Å². The highest BCUT2D eigenvalue weighted by molar-refractivity contribution is 5.67. The highest BCUT2D eigenvalue weighted by Crippen LogP contribution is 2.09. The monoisotopic (exact) mass is 239 g/mol. The Bertz CT molecular complexity index is 448. The summed E-state index contributed by atoms with van der Waals surface area (Å²) in [6, 6.07) is 3.27. The predicted octanol–water partition coefficient (Wildman–Crippen LogP) is 0.986. The SMILES string of the molecule is CC(C)(C)OC(=O)N(N)Cc1ccc[nH]c1=O. The number of hydrazine groups is 1. The third kappa shape index (κ3) is 4.28. The predicted molar refractivity (Wildman–Crippen MR) is 63.0 cm³/mol. The van der Waals surface area contributed by atoms with Gasteiger partial charge in [0, 0.05) is 11.8 Å². The van der Waals surface area contributed by atoms with Crippen LogP contribution in [0.5, 0.6) is 0 Å². The number of H-pyrrole nitrogens is 1. The number of aromatic amines is 1. The van der Waals surface area contributed by atoms with Gasteiger partial charge in [0.25, 0.3) is 5.56 Å². The summed E-state index contributed by atoms with van der Waals surface area (Å²) >= 11 is 0. The highest BCUT2D eigenvalue weighted by Gasteiger charge is 2.20. The van der Waals surface area contributed by atoms with E-state index in [9.17, 15) is 9.59 Å². The van der Waals surface area contributed by atoms with Gasteiger partial charge in [0.2, 0.25) is 0 Å². The van der Waals surface area contributed by atoms with E-state index in [1.165, 1.54) is 6.20 Å². The van der Waals surface area contributed by atoms with E-state index in [1.54, 1.807) is 32.9 Å². The molecule has 3 N–H and O–H groups in total. The van der Waals surface area contributed by atoms with Crippen LogP contribution in [0.25, 0.3) is 0 Å². The number of amides is 1. The summed E-state index contributed by atoms with van der Waals surface area (Å²) < 4.78 is 5.06. The molecule has 0 bridgehead atoms. The van der Waals surface area contributed by atoms with Crippen molar-refractivity contribution >= 4 is 6.09 Å². The maximum atomic E-state index is 11.5. The first-order chi connectivity index (χ1) is 7.79. The number of carbonyl (C=O) groups is 1. The lowest BCUT2D eigenvalue weighted by Gasteiger charge is -2.23. The second-order valence-electron chi connectivity index (χ2n) is 4.63. The van der Waals surface area contributed by atoms with E-state index in [0.717, 1.165) is 5.01 Å². The molecule has 6 heteroatoms. The summed E-state index contributed by atoms with van der Waals surface area (Å²) in [7, 11) is 0. The molecule has 0 aliphatic heterocycles. The van der Waals surface area contributed by atoms with Crippen molar-refractivity contribution in [1.82, 2.24) is 9.99 Å². The molecular weight excluding hydrogens is 222 g/mol.